The van der Waals surface area contributed by atoms with E-state index in [0.29, 0.717) is 6.54 Å². The molecular formula is C10H14FNO2S. The van der Waals surface area contributed by atoms with Gasteiger partial charge in [0.05, 0.1) is 10.6 Å². The Labute approximate surface area is 89.0 Å². The lowest BCUT2D eigenvalue weighted by Gasteiger charge is -2.09. The maximum atomic E-state index is 12.6. The van der Waals surface area contributed by atoms with Crippen LogP contribution in [0.25, 0.3) is 0 Å². The summed E-state index contributed by atoms with van der Waals surface area (Å²) in [4.78, 5) is 0.143. The summed E-state index contributed by atoms with van der Waals surface area (Å²) in [5.74, 6) is -0.546. The predicted molar refractivity (Wildman–Crippen MR) is 56.7 cm³/mol. The number of hydrogen-bond donors (Lipinski definition) is 1. The van der Waals surface area contributed by atoms with E-state index in [1.807, 2.05) is 0 Å². The molecule has 1 rings (SSSR count). The molecule has 0 aliphatic carbocycles. The van der Waals surface area contributed by atoms with Crippen LogP contribution in [0, 0.1) is 11.7 Å². The fourth-order valence-corrected chi connectivity index (χ4v) is 2.81. The summed E-state index contributed by atoms with van der Waals surface area (Å²) in [5.41, 5.74) is 5.36. The van der Waals surface area contributed by atoms with Gasteiger partial charge in [0.2, 0.25) is 0 Å². The molecule has 0 heterocycles. The van der Waals surface area contributed by atoms with Gasteiger partial charge in [0.25, 0.3) is 0 Å². The van der Waals surface area contributed by atoms with Crippen molar-refractivity contribution in [1.82, 2.24) is 0 Å². The Kier molecular flexibility index (Phi) is 3.82. The first-order valence-corrected chi connectivity index (χ1v) is 6.29. The molecular weight excluding hydrogens is 217 g/mol. The molecule has 0 spiro atoms. The smallest absolute Gasteiger partial charge is 0.178 e. The molecule has 15 heavy (non-hydrogen) atoms. The van der Waals surface area contributed by atoms with Crippen molar-refractivity contribution in [3.63, 3.8) is 0 Å². The van der Waals surface area contributed by atoms with Crippen LogP contribution >= 0.6 is 0 Å². The zero-order valence-corrected chi connectivity index (χ0v) is 9.30. The SMILES string of the molecule is CC(CN)CS(=O)(=O)c1ccc(F)cc1. The van der Waals surface area contributed by atoms with E-state index in [4.69, 9.17) is 5.73 Å². The van der Waals surface area contributed by atoms with E-state index < -0.39 is 15.7 Å². The van der Waals surface area contributed by atoms with Gasteiger partial charge in [-0.2, -0.15) is 0 Å². The zero-order chi connectivity index (χ0) is 11.5. The van der Waals surface area contributed by atoms with Crippen molar-refractivity contribution in [1.29, 1.82) is 0 Å². The van der Waals surface area contributed by atoms with Gasteiger partial charge in [0.1, 0.15) is 5.82 Å². The van der Waals surface area contributed by atoms with E-state index in [1.165, 1.54) is 12.1 Å². The Morgan fingerprint density at radius 2 is 1.87 bits per heavy atom. The van der Waals surface area contributed by atoms with Crippen molar-refractivity contribution >= 4 is 9.84 Å². The van der Waals surface area contributed by atoms with E-state index in [0.717, 1.165) is 12.1 Å². The Balaban J connectivity index is 2.91. The fraction of sp³-hybridized carbons (Fsp3) is 0.400. The monoisotopic (exact) mass is 231 g/mol. The molecule has 0 bridgehead atoms. The van der Waals surface area contributed by atoms with Gasteiger partial charge < -0.3 is 5.73 Å². The molecule has 0 fully saturated rings. The predicted octanol–water partition coefficient (Wildman–Crippen LogP) is 1.19. The highest BCUT2D eigenvalue weighted by Crippen LogP contribution is 2.14. The number of hydrogen-bond acceptors (Lipinski definition) is 3. The Morgan fingerprint density at radius 3 is 2.33 bits per heavy atom. The lowest BCUT2D eigenvalue weighted by molar-refractivity contribution is 0.573. The molecule has 1 atom stereocenters. The van der Waals surface area contributed by atoms with Gasteiger partial charge in [0, 0.05) is 0 Å². The molecule has 0 saturated carbocycles. The molecule has 0 radical (unpaired) electrons. The van der Waals surface area contributed by atoms with E-state index in [-0.39, 0.29) is 16.6 Å². The number of halogens is 1. The van der Waals surface area contributed by atoms with Crippen molar-refractivity contribution in [3.05, 3.63) is 30.1 Å². The molecule has 0 amide bonds. The second-order valence-electron chi connectivity index (χ2n) is 3.58. The second-order valence-corrected chi connectivity index (χ2v) is 5.61. The molecule has 2 N–H and O–H groups in total. The lowest BCUT2D eigenvalue weighted by Crippen LogP contribution is -2.21. The van der Waals surface area contributed by atoms with Gasteiger partial charge in [-0.1, -0.05) is 6.92 Å². The summed E-state index contributed by atoms with van der Waals surface area (Å²) >= 11 is 0. The molecule has 0 aliphatic heterocycles. The minimum atomic E-state index is -3.34. The van der Waals surface area contributed by atoms with Crippen LogP contribution in [-0.2, 0) is 9.84 Å². The highest BCUT2D eigenvalue weighted by Gasteiger charge is 2.17. The number of nitrogens with two attached hydrogens (primary N) is 1. The Hall–Kier alpha value is -0.940. The van der Waals surface area contributed by atoms with Gasteiger partial charge in [-0.3, -0.25) is 0 Å². The number of rotatable bonds is 4. The number of benzene rings is 1. The number of sulfone groups is 1. The van der Waals surface area contributed by atoms with Gasteiger partial charge >= 0.3 is 0 Å². The summed E-state index contributed by atoms with van der Waals surface area (Å²) in [6.45, 7) is 2.08. The summed E-state index contributed by atoms with van der Waals surface area (Å²) in [7, 11) is -3.34. The second kappa shape index (κ2) is 4.72. The van der Waals surface area contributed by atoms with Crippen molar-refractivity contribution in [2.24, 2.45) is 11.7 Å². The molecule has 1 aromatic carbocycles. The zero-order valence-electron chi connectivity index (χ0n) is 8.48. The molecule has 1 unspecified atom stereocenters. The van der Waals surface area contributed by atoms with Gasteiger partial charge in [-0.15, -0.1) is 0 Å². The minimum Gasteiger partial charge on any atom is -0.330 e. The summed E-state index contributed by atoms with van der Waals surface area (Å²) in [6, 6.07) is 4.82. The van der Waals surface area contributed by atoms with Crippen LogP contribution in [0.2, 0.25) is 0 Å². The standard InChI is InChI=1S/C10H14FNO2S/c1-8(6-12)7-15(13,14)10-4-2-9(11)3-5-10/h2-5,8H,6-7,12H2,1H3. The largest absolute Gasteiger partial charge is 0.330 e. The lowest BCUT2D eigenvalue weighted by atomic mass is 10.2. The summed E-state index contributed by atoms with van der Waals surface area (Å²) in [6.07, 6.45) is 0. The van der Waals surface area contributed by atoms with Crippen LogP contribution in [0.3, 0.4) is 0 Å². The van der Waals surface area contributed by atoms with Crippen LogP contribution in [0.15, 0.2) is 29.2 Å². The summed E-state index contributed by atoms with van der Waals surface area (Å²) < 4.78 is 36.1. The molecule has 5 heteroatoms. The minimum absolute atomic E-state index is 0.00483. The summed E-state index contributed by atoms with van der Waals surface area (Å²) in [5, 5.41) is 0. The van der Waals surface area contributed by atoms with Crippen LogP contribution in [0.1, 0.15) is 6.92 Å². The molecule has 0 aromatic heterocycles. The topological polar surface area (TPSA) is 60.2 Å². The highest BCUT2D eigenvalue weighted by molar-refractivity contribution is 7.91. The van der Waals surface area contributed by atoms with E-state index in [9.17, 15) is 12.8 Å². The third-order valence-electron chi connectivity index (χ3n) is 2.08. The third-order valence-corrected chi connectivity index (χ3v) is 4.08. The van der Waals surface area contributed by atoms with Crippen LogP contribution in [-0.4, -0.2) is 20.7 Å². The van der Waals surface area contributed by atoms with Gasteiger partial charge in [-0.25, -0.2) is 12.8 Å². The highest BCUT2D eigenvalue weighted by atomic mass is 32.2. The van der Waals surface area contributed by atoms with E-state index in [2.05, 4.69) is 0 Å². The Bertz CT molecular complexity index is 414. The van der Waals surface area contributed by atoms with Crippen molar-refractivity contribution in [2.75, 3.05) is 12.3 Å². The first kappa shape index (κ1) is 12.1. The quantitative estimate of drug-likeness (QED) is 0.792. The average Bonchev–Trinajstić information content (AvgIpc) is 2.17. The molecule has 1 aromatic rings. The molecule has 0 aliphatic rings. The van der Waals surface area contributed by atoms with E-state index >= 15 is 0 Å². The van der Waals surface area contributed by atoms with Crippen LogP contribution in [0.4, 0.5) is 4.39 Å². The molecule has 0 saturated heterocycles. The maximum absolute atomic E-state index is 12.6. The normalized spacial score (nSPS) is 13.8. The van der Waals surface area contributed by atoms with Gasteiger partial charge in [-0.05, 0) is 36.7 Å². The van der Waals surface area contributed by atoms with E-state index in [1.54, 1.807) is 6.92 Å². The van der Waals surface area contributed by atoms with Gasteiger partial charge in [0.15, 0.2) is 9.84 Å². The van der Waals surface area contributed by atoms with Crippen LogP contribution in [0.5, 0.6) is 0 Å². The first-order chi connectivity index (χ1) is 6.95. The third kappa shape index (κ3) is 3.28. The molecule has 84 valence electrons. The first-order valence-electron chi connectivity index (χ1n) is 4.64. The maximum Gasteiger partial charge on any atom is 0.178 e. The van der Waals surface area contributed by atoms with Crippen molar-refractivity contribution in [2.45, 2.75) is 11.8 Å². The van der Waals surface area contributed by atoms with Crippen molar-refractivity contribution < 1.29 is 12.8 Å². The molecule has 3 nitrogen and oxygen atoms in total. The van der Waals surface area contributed by atoms with Crippen LogP contribution < -0.4 is 5.73 Å². The average molecular weight is 231 g/mol. The fourth-order valence-electron chi connectivity index (χ4n) is 1.18. The van der Waals surface area contributed by atoms with Crippen molar-refractivity contribution in [3.8, 4) is 0 Å². The Morgan fingerprint density at radius 1 is 1.33 bits per heavy atom.